The summed E-state index contributed by atoms with van der Waals surface area (Å²) >= 11 is 1.34. The van der Waals surface area contributed by atoms with Crippen molar-refractivity contribution >= 4 is 11.8 Å². The molecule has 1 aromatic carbocycles. The summed E-state index contributed by atoms with van der Waals surface area (Å²) in [6.45, 7) is 5.31. The molecular formula is C15H18FN3OS. The number of H-pyrrole nitrogens is 1. The van der Waals surface area contributed by atoms with E-state index in [1.165, 1.54) is 30.0 Å². The highest BCUT2D eigenvalue weighted by molar-refractivity contribution is 7.99. The Hall–Kier alpha value is -1.66. The number of nitrogens with zero attached hydrogens (tertiary/aromatic N) is 1. The highest BCUT2D eigenvalue weighted by Gasteiger charge is 2.08. The van der Waals surface area contributed by atoms with Gasteiger partial charge in [-0.15, -0.1) is 0 Å². The van der Waals surface area contributed by atoms with E-state index < -0.39 is 0 Å². The van der Waals surface area contributed by atoms with Crippen molar-refractivity contribution in [2.45, 2.75) is 36.9 Å². The first kappa shape index (κ1) is 15.7. The molecule has 0 aliphatic rings. The fraction of sp³-hybridized carbons (Fsp3) is 0.333. The molecule has 0 spiro atoms. The van der Waals surface area contributed by atoms with E-state index in [-0.39, 0.29) is 11.4 Å². The summed E-state index contributed by atoms with van der Waals surface area (Å²) in [5.41, 5.74) is 1.34. The third kappa shape index (κ3) is 4.68. The molecule has 6 heteroatoms. The summed E-state index contributed by atoms with van der Waals surface area (Å²) in [6, 6.07) is 6.09. The van der Waals surface area contributed by atoms with Crippen molar-refractivity contribution < 1.29 is 4.39 Å². The highest BCUT2D eigenvalue weighted by atomic mass is 32.2. The predicted octanol–water partition coefficient (Wildman–Crippen LogP) is 2.87. The third-order valence-electron chi connectivity index (χ3n) is 2.82. The van der Waals surface area contributed by atoms with Gasteiger partial charge in [-0.3, -0.25) is 4.79 Å². The fourth-order valence-electron chi connectivity index (χ4n) is 1.89. The number of benzene rings is 1. The SMILES string of the molecule is CCCNCc1cc(F)ccc1Sc1nc(C)cc(=O)[nH]1. The van der Waals surface area contributed by atoms with Crippen molar-refractivity contribution in [3.8, 4) is 0 Å². The van der Waals surface area contributed by atoms with Gasteiger partial charge in [0.1, 0.15) is 5.82 Å². The lowest BCUT2D eigenvalue weighted by atomic mass is 10.2. The Balaban J connectivity index is 2.23. The Bertz CT molecular complexity index is 672. The fourth-order valence-corrected chi connectivity index (χ4v) is 2.84. The van der Waals surface area contributed by atoms with Crippen molar-refractivity contribution in [2.24, 2.45) is 0 Å². The maximum atomic E-state index is 13.4. The number of hydrogen-bond donors (Lipinski definition) is 2. The van der Waals surface area contributed by atoms with Gasteiger partial charge in [0.05, 0.1) is 0 Å². The van der Waals surface area contributed by atoms with Gasteiger partial charge in [-0.05, 0) is 43.7 Å². The molecule has 4 nitrogen and oxygen atoms in total. The Labute approximate surface area is 127 Å². The van der Waals surface area contributed by atoms with Crippen LogP contribution in [0.5, 0.6) is 0 Å². The molecule has 0 radical (unpaired) electrons. The van der Waals surface area contributed by atoms with Crippen molar-refractivity contribution in [2.75, 3.05) is 6.54 Å². The van der Waals surface area contributed by atoms with Gasteiger partial charge in [-0.1, -0.05) is 18.7 Å². The zero-order valence-electron chi connectivity index (χ0n) is 12.1. The molecule has 0 aliphatic carbocycles. The van der Waals surface area contributed by atoms with Crippen LogP contribution < -0.4 is 10.9 Å². The minimum atomic E-state index is -0.265. The average Bonchev–Trinajstić information content (AvgIpc) is 2.41. The Morgan fingerprint density at radius 3 is 2.90 bits per heavy atom. The largest absolute Gasteiger partial charge is 0.313 e. The molecule has 0 atom stereocenters. The molecule has 0 bridgehead atoms. The minimum absolute atomic E-state index is 0.183. The Kier molecular flexibility index (Phi) is 5.52. The molecule has 2 rings (SSSR count). The summed E-state index contributed by atoms with van der Waals surface area (Å²) < 4.78 is 13.4. The first-order valence-electron chi connectivity index (χ1n) is 6.83. The molecule has 2 aromatic rings. The van der Waals surface area contributed by atoms with E-state index >= 15 is 0 Å². The summed E-state index contributed by atoms with van der Waals surface area (Å²) in [5, 5.41) is 3.77. The molecule has 1 heterocycles. The molecule has 0 unspecified atom stereocenters. The van der Waals surface area contributed by atoms with E-state index in [0.29, 0.717) is 17.4 Å². The third-order valence-corrected chi connectivity index (χ3v) is 3.82. The number of aromatic nitrogens is 2. The van der Waals surface area contributed by atoms with E-state index in [4.69, 9.17) is 0 Å². The molecule has 1 aromatic heterocycles. The van der Waals surface area contributed by atoms with Gasteiger partial charge in [0.25, 0.3) is 5.56 Å². The van der Waals surface area contributed by atoms with Crippen LogP contribution in [-0.4, -0.2) is 16.5 Å². The second kappa shape index (κ2) is 7.38. The molecule has 2 N–H and O–H groups in total. The lowest BCUT2D eigenvalue weighted by Crippen LogP contribution is -2.14. The maximum Gasteiger partial charge on any atom is 0.251 e. The van der Waals surface area contributed by atoms with Crippen LogP contribution >= 0.6 is 11.8 Å². The van der Waals surface area contributed by atoms with E-state index in [1.807, 2.05) is 0 Å². The van der Waals surface area contributed by atoms with Crippen molar-refractivity contribution in [1.82, 2.24) is 15.3 Å². The number of aryl methyl sites for hydroxylation is 1. The zero-order valence-corrected chi connectivity index (χ0v) is 12.9. The van der Waals surface area contributed by atoms with Crippen LogP contribution in [0.3, 0.4) is 0 Å². The quantitative estimate of drug-likeness (QED) is 0.636. The molecule has 0 amide bonds. The number of aromatic amines is 1. The predicted molar refractivity (Wildman–Crippen MR) is 82.1 cm³/mol. The molecule has 112 valence electrons. The van der Waals surface area contributed by atoms with E-state index in [0.717, 1.165) is 23.4 Å². The Morgan fingerprint density at radius 2 is 2.19 bits per heavy atom. The zero-order chi connectivity index (χ0) is 15.2. The van der Waals surface area contributed by atoms with E-state index in [9.17, 15) is 9.18 Å². The molecule has 21 heavy (non-hydrogen) atoms. The van der Waals surface area contributed by atoms with Gasteiger partial charge in [0.2, 0.25) is 0 Å². The first-order chi connectivity index (χ1) is 10.1. The van der Waals surface area contributed by atoms with Crippen LogP contribution in [0.15, 0.2) is 39.1 Å². The van der Waals surface area contributed by atoms with Crippen LogP contribution in [0.4, 0.5) is 4.39 Å². The molecule has 0 saturated carbocycles. The minimum Gasteiger partial charge on any atom is -0.313 e. The van der Waals surface area contributed by atoms with Gasteiger partial charge < -0.3 is 10.3 Å². The van der Waals surface area contributed by atoms with Gasteiger partial charge >= 0.3 is 0 Å². The number of rotatable bonds is 6. The topological polar surface area (TPSA) is 57.8 Å². The number of nitrogens with one attached hydrogen (secondary N) is 2. The van der Waals surface area contributed by atoms with Gasteiger partial charge in [-0.25, -0.2) is 9.37 Å². The van der Waals surface area contributed by atoms with Crippen LogP contribution in [0.1, 0.15) is 24.6 Å². The van der Waals surface area contributed by atoms with Gasteiger partial charge in [-0.2, -0.15) is 0 Å². The molecule has 0 aliphatic heterocycles. The normalized spacial score (nSPS) is 10.8. The maximum absolute atomic E-state index is 13.4. The smallest absolute Gasteiger partial charge is 0.251 e. The monoisotopic (exact) mass is 307 g/mol. The number of halogens is 1. The van der Waals surface area contributed by atoms with Crippen LogP contribution in [0, 0.1) is 12.7 Å². The standard InChI is InChI=1S/C15H18FN3OS/c1-3-6-17-9-11-8-12(16)4-5-13(11)21-15-18-10(2)7-14(20)19-15/h4-5,7-8,17H,3,6,9H2,1-2H3,(H,18,19,20). The first-order valence-corrected chi connectivity index (χ1v) is 7.65. The van der Waals surface area contributed by atoms with Crippen molar-refractivity contribution in [3.63, 3.8) is 0 Å². The van der Waals surface area contributed by atoms with Gasteiger partial charge in [0.15, 0.2) is 5.16 Å². The molecule has 0 fully saturated rings. The average molecular weight is 307 g/mol. The summed E-state index contributed by atoms with van der Waals surface area (Å²) in [6.07, 6.45) is 1.02. The molecular weight excluding hydrogens is 289 g/mol. The van der Waals surface area contributed by atoms with E-state index in [1.54, 1.807) is 13.0 Å². The van der Waals surface area contributed by atoms with Gasteiger partial charge in [0, 0.05) is 23.2 Å². The van der Waals surface area contributed by atoms with E-state index in [2.05, 4.69) is 22.2 Å². The molecule has 0 saturated heterocycles. The summed E-state index contributed by atoms with van der Waals surface area (Å²) in [4.78, 5) is 19.3. The van der Waals surface area contributed by atoms with Crippen LogP contribution in [-0.2, 0) is 6.54 Å². The summed E-state index contributed by atoms with van der Waals surface area (Å²) in [5.74, 6) is -0.265. The van der Waals surface area contributed by atoms with Crippen LogP contribution in [0.2, 0.25) is 0 Å². The van der Waals surface area contributed by atoms with Crippen molar-refractivity contribution in [3.05, 3.63) is 51.7 Å². The lowest BCUT2D eigenvalue weighted by Gasteiger charge is -2.10. The summed E-state index contributed by atoms with van der Waals surface area (Å²) in [7, 11) is 0. The second-order valence-electron chi connectivity index (χ2n) is 4.72. The Morgan fingerprint density at radius 1 is 1.38 bits per heavy atom. The number of hydrogen-bond acceptors (Lipinski definition) is 4. The van der Waals surface area contributed by atoms with Crippen molar-refractivity contribution in [1.29, 1.82) is 0 Å². The lowest BCUT2D eigenvalue weighted by molar-refractivity contribution is 0.615. The van der Waals surface area contributed by atoms with Crippen LogP contribution in [0.25, 0.3) is 0 Å². The second-order valence-corrected chi connectivity index (χ2v) is 5.75. The highest BCUT2D eigenvalue weighted by Crippen LogP contribution is 2.28.